The number of amides is 2. The van der Waals surface area contributed by atoms with E-state index in [9.17, 15) is 19.5 Å². The van der Waals surface area contributed by atoms with E-state index in [0.717, 1.165) is 19.3 Å². The summed E-state index contributed by atoms with van der Waals surface area (Å²) in [4.78, 5) is 38.2. The minimum Gasteiger partial charge on any atom is -0.497 e. The zero-order valence-corrected chi connectivity index (χ0v) is 14.8. The van der Waals surface area contributed by atoms with E-state index in [1.165, 1.54) is 7.11 Å². The summed E-state index contributed by atoms with van der Waals surface area (Å²) in [6.07, 6.45) is 3.29. The van der Waals surface area contributed by atoms with Gasteiger partial charge < -0.3 is 20.1 Å². The number of likely N-dealkylation sites (tertiary alicyclic amines) is 1. The largest absolute Gasteiger partial charge is 0.497 e. The molecule has 2 atom stereocenters. The van der Waals surface area contributed by atoms with Crippen LogP contribution >= 0.6 is 0 Å². The van der Waals surface area contributed by atoms with Crippen LogP contribution in [-0.4, -0.2) is 48.0 Å². The first-order valence-electron chi connectivity index (χ1n) is 8.95. The summed E-state index contributed by atoms with van der Waals surface area (Å²) in [6, 6.07) is 5.45. The van der Waals surface area contributed by atoms with Crippen molar-refractivity contribution in [2.45, 2.75) is 31.7 Å². The van der Waals surface area contributed by atoms with Crippen LogP contribution in [0, 0.1) is 11.8 Å². The molecule has 2 unspecified atom stereocenters. The topological polar surface area (TPSA) is 95.9 Å². The predicted octanol–water partition coefficient (Wildman–Crippen LogP) is 1.59. The van der Waals surface area contributed by atoms with E-state index in [1.807, 2.05) is 0 Å². The number of nitrogens with one attached hydrogen (secondary N) is 1. The predicted molar refractivity (Wildman–Crippen MR) is 93.5 cm³/mol. The number of carbonyl (C=O) groups excluding carboxylic acids is 2. The van der Waals surface area contributed by atoms with Crippen LogP contribution in [0.15, 0.2) is 24.3 Å². The Morgan fingerprint density at radius 1 is 1.15 bits per heavy atom. The van der Waals surface area contributed by atoms with Gasteiger partial charge in [0.15, 0.2) is 6.04 Å². The molecule has 2 N–H and O–H groups in total. The molecule has 1 aromatic carbocycles. The van der Waals surface area contributed by atoms with Crippen LogP contribution in [0.4, 0.5) is 0 Å². The molecule has 3 rings (SSSR count). The third-order valence-corrected chi connectivity index (χ3v) is 5.01. The number of hydrogen-bond acceptors (Lipinski definition) is 4. The highest BCUT2D eigenvalue weighted by molar-refractivity contribution is 5.87. The van der Waals surface area contributed by atoms with E-state index < -0.39 is 12.0 Å². The summed E-state index contributed by atoms with van der Waals surface area (Å²) in [7, 11) is 1.53. The van der Waals surface area contributed by atoms with Crippen LogP contribution in [-0.2, 0) is 14.4 Å². The summed E-state index contributed by atoms with van der Waals surface area (Å²) < 4.78 is 5.07. The molecule has 2 amide bonds. The third-order valence-electron chi connectivity index (χ3n) is 5.01. The van der Waals surface area contributed by atoms with Gasteiger partial charge in [0.05, 0.1) is 13.0 Å². The minimum atomic E-state index is -1.12. The maximum Gasteiger partial charge on any atom is 0.330 e. The summed E-state index contributed by atoms with van der Waals surface area (Å²) >= 11 is 0. The van der Waals surface area contributed by atoms with Crippen molar-refractivity contribution in [3.8, 4) is 5.75 Å². The van der Waals surface area contributed by atoms with Gasteiger partial charge in [-0.05, 0) is 43.4 Å². The molecule has 1 saturated heterocycles. The van der Waals surface area contributed by atoms with Crippen molar-refractivity contribution in [1.82, 2.24) is 10.2 Å². The Hall–Kier alpha value is -2.57. The van der Waals surface area contributed by atoms with E-state index in [1.54, 1.807) is 29.2 Å². The van der Waals surface area contributed by atoms with Crippen LogP contribution in [0.1, 0.15) is 37.3 Å². The molecule has 0 aromatic heterocycles. The molecule has 26 heavy (non-hydrogen) atoms. The lowest BCUT2D eigenvalue weighted by Crippen LogP contribution is -2.47. The number of nitrogens with zero attached hydrogens (tertiary/aromatic N) is 1. The number of aliphatic carboxylic acids is 1. The molecule has 1 aromatic rings. The number of hydrogen-bond donors (Lipinski definition) is 2. The van der Waals surface area contributed by atoms with Crippen LogP contribution in [0.3, 0.4) is 0 Å². The Bertz CT molecular complexity index is 684. The van der Waals surface area contributed by atoms with Crippen molar-refractivity contribution < 1.29 is 24.2 Å². The summed E-state index contributed by atoms with van der Waals surface area (Å²) in [5, 5.41) is 12.1. The maximum atomic E-state index is 12.6. The van der Waals surface area contributed by atoms with Crippen molar-refractivity contribution >= 4 is 17.8 Å². The molecule has 1 heterocycles. The number of carboxylic acids is 1. The van der Waals surface area contributed by atoms with Crippen molar-refractivity contribution in [2.24, 2.45) is 11.8 Å². The molecule has 2 aliphatic rings. The van der Waals surface area contributed by atoms with Gasteiger partial charge >= 0.3 is 5.97 Å². The Morgan fingerprint density at radius 2 is 1.85 bits per heavy atom. The fraction of sp³-hybridized carbons (Fsp3) is 0.526. The molecule has 2 fully saturated rings. The summed E-state index contributed by atoms with van der Waals surface area (Å²) in [5.74, 6) is -0.931. The first kappa shape index (κ1) is 18.2. The second-order valence-corrected chi connectivity index (χ2v) is 6.95. The van der Waals surface area contributed by atoms with Gasteiger partial charge in [-0.2, -0.15) is 0 Å². The fourth-order valence-corrected chi connectivity index (χ4v) is 3.32. The number of methoxy groups -OCH3 is 1. The second-order valence-electron chi connectivity index (χ2n) is 6.95. The van der Waals surface area contributed by atoms with Crippen LogP contribution < -0.4 is 10.1 Å². The molecular formula is C19H24N2O5. The van der Waals surface area contributed by atoms with Gasteiger partial charge in [0.1, 0.15) is 5.75 Å². The zero-order valence-electron chi connectivity index (χ0n) is 14.8. The Labute approximate surface area is 152 Å². The second kappa shape index (κ2) is 7.76. The van der Waals surface area contributed by atoms with Crippen LogP contribution in [0.2, 0.25) is 0 Å². The lowest BCUT2D eigenvalue weighted by atomic mass is 9.95. The molecule has 140 valence electrons. The summed E-state index contributed by atoms with van der Waals surface area (Å²) in [5.41, 5.74) is 0.480. The summed E-state index contributed by atoms with van der Waals surface area (Å²) in [6.45, 7) is 1.05. The van der Waals surface area contributed by atoms with Crippen LogP contribution in [0.25, 0.3) is 0 Å². The van der Waals surface area contributed by atoms with E-state index in [0.29, 0.717) is 30.8 Å². The highest BCUT2D eigenvalue weighted by atomic mass is 16.5. The number of benzene rings is 1. The number of ether oxygens (including phenoxy) is 1. The van der Waals surface area contributed by atoms with Gasteiger partial charge in [-0.25, -0.2) is 4.79 Å². The van der Waals surface area contributed by atoms with Gasteiger partial charge in [0, 0.05) is 19.0 Å². The van der Waals surface area contributed by atoms with Crippen molar-refractivity contribution in [3.05, 3.63) is 29.8 Å². The van der Waals surface area contributed by atoms with E-state index >= 15 is 0 Å². The SMILES string of the molecule is COc1ccc(C(NC(=O)C2CCCN(C(=O)C3CC3)C2)C(=O)O)cc1. The van der Waals surface area contributed by atoms with Crippen molar-refractivity contribution in [3.63, 3.8) is 0 Å². The number of carbonyl (C=O) groups is 3. The van der Waals surface area contributed by atoms with Gasteiger partial charge in [-0.15, -0.1) is 0 Å². The monoisotopic (exact) mass is 360 g/mol. The molecule has 0 bridgehead atoms. The molecule has 0 spiro atoms. The lowest BCUT2D eigenvalue weighted by molar-refractivity contribution is -0.144. The minimum absolute atomic E-state index is 0.128. The zero-order chi connectivity index (χ0) is 18.7. The van der Waals surface area contributed by atoms with E-state index in [2.05, 4.69) is 5.32 Å². The molecule has 7 nitrogen and oxygen atoms in total. The first-order chi connectivity index (χ1) is 12.5. The Morgan fingerprint density at radius 3 is 2.42 bits per heavy atom. The standard InChI is InChI=1S/C19H24N2O5/c1-26-15-8-6-12(7-9-15)16(19(24)25)20-17(22)14-3-2-10-21(11-14)18(23)13-4-5-13/h6-9,13-14,16H,2-5,10-11H2,1H3,(H,20,22)(H,24,25). The van der Waals surface area contributed by atoms with Crippen molar-refractivity contribution in [1.29, 1.82) is 0 Å². The molecule has 7 heteroatoms. The number of piperidine rings is 1. The Balaban J connectivity index is 1.65. The van der Waals surface area contributed by atoms with Gasteiger partial charge in [0.25, 0.3) is 0 Å². The van der Waals surface area contributed by atoms with E-state index in [-0.39, 0.29) is 23.7 Å². The molecular weight excluding hydrogens is 336 g/mol. The van der Waals surface area contributed by atoms with Gasteiger partial charge in [-0.1, -0.05) is 12.1 Å². The van der Waals surface area contributed by atoms with E-state index in [4.69, 9.17) is 4.74 Å². The molecule has 0 radical (unpaired) electrons. The van der Waals surface area contributed by atoms with Gasteiger partial charge in [-0.3, -0.25) is 9.59 Å². The fourth-order valence-electron chi connectivity index (χ4n) is 3.32. The van der Waals surface area contributed by atoms with Gasteiger partial charge in [0.2, 0.25) is 11.8 Å². The lowest BCUT2D eigenvalue weighted by Gasteiger charge is -2.32. The molecule has 1 saturated carbocycles. The maximum absolute atomic E-state index is 12.6. The highest BCUT2D eigenvalue weighted by Crippen LogP contribution is 2.32. The van der Waals surface area contributed by atoms with Crippen LogP contribution in [0.5, 0.6) is 5.75 Å². The smallest absolute Gasteiger partial charge is 0.330 e. The average molecular weight is 360 g/mol. The highest BCUT2D eigenvalue weighted by Gasteiger charge is 2.37. The van der Waals surface area contributed by atoms with Crippen molar-refractivity contribution in [2.75, 3.05) is 20.2 Å². The quantitative estimate of drug-likeness (QED) is 0.803. The molecule has 1 aliphatic heterocycles. The number of rotatable bonds is 6. The normalized spacial score (nSPS) is 21.0. The first-order valence-corrected chi connectivity index (χ1v) is 8.95. The molecule has 1 aliphatic carbocycles. The third kappa shape index (κ3) is 4.15. The number of carboxylic acid groups (broad SMARTS) is 1. The Kier molecular flexibility index (Phi) is 5.44. The average Bonchev–Trinajstić information content (AvgIpc) is 3.50.